The lowest BCUT2D eigenvalue weighted by Gasteiger charge is -2.25. The molecule has 1 aliphatic carbocycles. The molecule has 1 aromatic carbocycles. The fraction of sp³-hybridized carbons (Fsp3) is 0.500. The maximum atomic E-state index is 11.6. The SMILES string of the molecule is CCNC(=O)NC(C)C1(c2ccc(Br)cc2)CC1. The van der Waals surface area contributed by atoms with Gasteiger partial charge in [-0.25, -0.2) is 4.79 Å². The van der Waals surface area contributed by atoms with E-state index < -0.39 is 0 Å². The number of nitrogens with one attached hydrogen (secondary N) is 2. The Labute approximate surface area is 116 Å². The Hall–Kier alpha value is -1.03. The van der Waals surface area contributed by atoms with Gasteiger partial charge in [-0.05, 0) is 44.4 Å². The number of carbonyl (C=O) groups excluding carboxylic acids is 1. The molecule has 0 heterocycles. The molecule has 0 aliphatic heterocycles. The number of rotatable bonds is 4. The molecule has 18 heavy (non-hydrogen) atoms. The normalized spacial score (nSPS) is 17.9. The van der Waals surface area contributed by atoms with E-state index in [4.69, 9.17) is 0 Å². The average molecular weight is 311 g/mol. The second-order valence-corrected chi connectivity index (χ2v) is 5.80. The maximum absolute atomic E-state index is 11.6. The van der Waals surface area contributed by atoms with Gasteiger partial charge in [0.1, 0.15) is 0 Å². The summed E-state index contributed by atoms with van der Waals surface area (Å²) in [5, 5.41) is 5.81. The van der Waals surface area contributed by atoms with Crippen molar-refractivity contribution >= 4 is 22.0 Å². The highest BCUT2D eigenvalue weighted by Gasteiger charge is 2.49. The number of halogens is 1. The van der Waals surface area contributed by atoms with E-state index >= 15 is 0 Å². The third kappa shape index (κ3) is 2.69. The van der Waals surface area contributed by atoms with Gasteiger partial charge in [-0.3, -0.25) is 0 Å². The van der Waals surface area contributed by atoms with E-state index in [0.717, 1.165) is 17.3 Å². The molecular formula is C14H19BrN2O. The number of hydrogen-bond donors (Lipinski definition) is 2. The molecule has 0 saturated heterocycles. The van der Waals surface area contributed by atoms with E-state index in [-0.39, 0.29) is 17.5 Å². The van der Waals surface area contributed by atoms with Crippen LogP contribution in [0.4, 0.5) is 4.79 Å². The van der Waals surface area contributed by atoms with Gasteiger partial charge in [0.15, 0.2) is 0 Å². The summed E-state index contributed by atoms with van der Waals surface area (Å²) in [4.78, 5) is 11.6. The number of carbonyl (C=O) groups is 1. The summed E-state index contributed by atoms with van der Waals surface area (Å²) in [5.74, 6) is 0. The smallest absolute Gasteiger partial charge is 0.315 e. The quantitative estimate of drug-likeness (QED) is 0.881. The van der Waals surface area contributed by atoms with Crippen molar-refractivity contribution in [3.63, 3.8) is 0 Å². The summed E-state index contributed by atoms with van der Waals surface area (Å²) in [6, 6.07) is 8.50. The van der Waals surface area contributed by atoms with Crippen LogP contribution in [0.15, 0.2) is 28.7 Å². The Morgan fingerprint density at radius 2 is 2.00 bits per heavy atom. The molecule has 1 saturated carbocycles. The molecule has 2 N–H and O–H groups in total. The van der Waals surface area contributed by atoms with Gasteiger partial charge in [-0.2, -0.15) is 0 Å². The van der Waals surface area contributed by atoms with E-state index in [1.165, 1.54) is 5.56 Å². The average Bonchev–Trinajstić information content (AvgIpc) is 3.11. The molecule has 1 unspecified atom stereocenters. The zero-order valence-electron chi connectivity index (χ0n) is 10.8. The highest BCUT2D eigenvalue weighted by Crippen LogP contribution is 2.51. The summed E-state index contributed by atoms with van der Waals surface area (Å²) in [7, 11) is 0. The van der Waals surface area contributed by atoms with E-state index in [1.807, 2.05) is 6.92 Å². The fourth-order valence-electron chi connectivity index (χ4n) is 2.43. The summed E-state index contributed by atoms with van der Waals surface area (Å²) in [5.41, 5.74) is 1.45. The fourth-order valence-corrected chi connectivity index (χ4v) is 2.70. The Morgan fingerprint density at radius 1 is 1.39 bits per heavy atom. The van der Waals surface area contributed by atoms with Crippen molar-refractivity contribution in [1.82, 2.24) is 10.6 Å². The third-order valence-corrected chi connectivity index (χ3v) is 4.25. The van der Waals surface area contributed by atoms with Gasteiger partial charge < -0.3 is 10.6 Å². The largest absolute Gasteiger partial charge is 0.338 e. The highest BCUT2D eigenvalue weighted by molar-refractivity contribution is 9.10. The van der Waals surface area contributed by atoms with Crippen LogP contribution in [0.25, 0.3) is 0 Å². The number of hydrogen-bond acceptors (Lipinski definition) is 1. The van der Waals surface area contributed by atoms with Crippen molar-refractivity contribution in [1.29, 1.82) is 0 Å². The van der Waals surface area contributed by atoms with Gasteiger partial charge in [0, 0.05) is 22.5 Å². The van der Waals surface area contributed by atoms with Gasteiger partial charge in [0.2, 0.25) is 0 Å². The van der Waals surface area contributed by atoms with Gasteiger partial charge in [0.25, 0.3) is 0 Å². The second kappa shape index (κ2) is 5.31. The molecule has 98 valence electrons. The monoisotopic (exact) mass is 310 g/mol. The topological polar surface area (TPSA) is 41.1 Å². The molecule has 2 amide bonds. The first-order valence-corrected chi connectivity index (χ1v) is 7.18. The number of urea groups is 1. The maximum Gasteiger partial charge on any atom is 0.315 e. The van der Waals surface area contributed by atoms with E-state index in [0.29, 0.717) is 6.54 Å². The lowest BCUT2D eigenvalue weighted by atomic mass is 9.89. The Bertz CT molecular complexity index is 426. The standard InChI is InChI=1S/C14H19BrN2O/c1-3-16-13(18)17-10(2)14(8-9-14)11-4-6-12(15)7-5-11/h4-7,10H,3,8-9H2,1-2H3,(H2,16,17,18). The van der Waals surface area contributed by atoms with Crippen molar-refractivity contribution in [3.8, 4) is 0 Å². The van der Waals surface area contributed by atoms with Crippen molar-refractivity contribution < 1.29 is 4.79 Å². The van der Waals surface area contributed by atoms with Crippen molar-refractivity contribution in [2.75, 3.05) is 6.54 Å². The summed E-state index contributed by atoms with van der Waals surface area (Å²) in [6.07, 6.45) is 2.28. The minimum Gasteiger partial charge on any atom is -0.338 e. The molecule has 1 fully saturated rings. The summed E-state index contributed by atoms with van der Waals surface area (Å²) in [6.45, 7) is 4.67. The third-order valence-electron chi connectivity index (χ3n) is 3.72. The van der Waals surface area contributed by atoms with Gasteiger partial charge in [0.05, 0.1) is 0 Å². The zero-order chi connectivity index (χ0) is 13.2. The molecule has 2 rings (SSSR count). The first-order chi connectivity index (χ1) is 8.58. The lowest BCUT2D eigenvalue weighted by Crippen LogP contribution is -2.46. The number of benzene rings is 1. The second-order valence-electron chi connectivity index (χ2n) is 4.89. The minimum atomic E-state index is -0.0756. The molecule has 0 spiro atoms. The summed E-state index contributed by atoms with van der Waals surface area (Å²) < 4.78 is 1.09. The number of amides is 2. The van der Waals surface area contributed by atoms with Crippen LogP contribution in [0.3, 0.4) is 0 Å². The molecule has 0 aromatic heterocycles. The van der Waals surface area contributed by atoms with Crippen molar-refractivity contribution in [2.24, 2.45) is 0 Å². The van der Waals surface area contributed by atoms with Crippen LogP contribution >= 0.6 is 15.9 Å². The molecule has 0 bridgehead atoms. The predicted octanol–water partition coefficient (Wildman–Crippen LogP) is 3.19. The molecule has 3 nitrogen and oxygen atoms in total. The van der Waals surface area contributed by atoms with Crippen molar-refractivity contribution in [2.45, 2.75) is 38.1 Å². The zero-order valence-corrected chi connectivity index (χ0v) is 12.4. The van der Waals surface area contributed by atoms with Crippen LogP contribution in [0.1, 0.15) is 32.3 Å². The van der Waals surface area contributed by atoms with Crippen LogP contribution in [0, 0.1) is 0 Å². The van der Waals surface area contributed by atoms with E-state index in [2.05, 4.69) is 57.8 Å². The Balaban J connectivity index is 2.07. The first kappa shape index (κ1) is 13.4. The van der Waals surface area contributed by atoms with E-state index in [9.17, 15) is 4.79 Å². The van der Waals surface area contributed by atoms with Gasteiger partial charge in [-0.1, -0.05) is 28.1 Å². The highest BCUT2D eigenvalue weighted by atomic mass is 79.9. The lowest BCUT2D eigenvalue weighted by molar-refractivity contribution is 0.235. The van der Waals surface area contributed by atoms with Gasteiger partial charge in [-0.15, -0.1) is 0 Å². The molecule has 1 atom stereocenters. The molecule has 1 aliphatic rings. The molecule has 0 radical (unpaired) electrons. The van der Waals surface area contributed by atoms with Gasteiger partial charge >= 0.3 is 6.03 Å². The first-order valence-electron chi connectivity index (χ1n) is 6.39. The summed E-state index contributed by atoms with van der Waals surface area (Å²) >= 11 is 3.45. The van der Waals surface area contributed by atoms with Crippen LogP contribution in [-0.4, -0.2) is 18.6 Å². The molecule has 4 heteroatoms. The Kier molecular flexibility index (Phi) is 3.95. The van der Waals surface area contributed by atoms with E-state index in [1.54, 1.807) is 0 Å². The Morgan fingerprint density at radius 3 is 2.50 bits per heavy atom. The molecule has 1 aromatic rings. The minimum absolute atomic E-state index is 0.0756. The predicted molar refractivity (Wildman–Crippen MR) is 76.7 cm³/mol. The van der Waals surface area contributed by atoms with Crippen molar-refractivity contribution in [3.05, 3.63) is 34.3 Å². The molecular weight excluding hydrogens is 292 g/mol. The van der Waals surface area contributed by atoms with Crippen LogP contribution in [0.5, 0.6) is 0 Å². The van der Waals surface area contributed by atoms with Crippen LogP contribution < -0.4 is 10.6 Å². The van der Waals surface area contributed by atoms with Crippen LogP contribution in [0.2, 0.25) is 0 Å². The van der Waals surface area contributed by atoms with Crippen LogP contribution in [-0.2, 0) is 5.41 Å².